The smallest absolute Gasteiger partial charge is 0.549 e. The minimum absolute atomic E-state index is 0. The summed E-state index contributed by atoms with van der Waals surface area (Å²) in [6, 6.07) is 0. The minimum Gasteiger partial charge on any atom is -0.549 e. The predicted octanol–water partition coefficient (Wildman–Crippen LogP) is 1.39. The van der Waals surface area contributed by atoms with Crippen molar-refractivity contribution in [3.05, 3.63) is 0 Å². The summed E-state index contributed by atoms with van der Waals surface area (Å²) in [4.78, 5) is 22.8. The second-order valence-electron chi connectivity index (χ2n) is 7.78. The van der Waals surface area contributed by atoms with Crippen molar-refractivity contribution in [3.63, 3.8) is 0 Å². The van der Waals surface area contributed by atoms with E-state index in [4.69, 9.17) is 5.11 Å². The molecule has 0 aromatic carbocycles. The fourth-order valence-electron chi connectivity index (χ4n) is 3.47. The molecule has 0 spiro atoms. The van der Waals surface area contributed by atoms with Gasteiger partial charge in [-0.2, -0.15) is 0 Å². The molecule has 0 aromatic rings. The summed E-state index contributed by atoms with van der Waals surface area (Å²) in [6.07, 6.45) is 20.6. The van der Waals surface area contributed by atoms with E-state index in [1.54, 1.807) is 0 Å². The number of nitrogens with zero attached hydrogens (tertiary/aromatic N) is 1. The Kier molecular flexibility index (Phi) is 26.1. The Morgan fingerprint density at radius 2 is 1.04 bits per heavy atom. The quantitative estimate of drug-likeness (QED) is 0.223. The van der Waals surface area contributed by atoms with E-state index in [9.17, 15) is 14.7 Å². The summed E-state index contributed by atoms with van der Waals surface area (Å²) in [6.45, 7) is 2.24. The predicted molar refractivity (Wildman–Crippen MR) is 109 cm³/mol. The van der Waals surface area contributed by atoms with Crippen LogP contribution in [0.3, 0.4) is 0 Å². The Labute approximate surface area is 215 Å². The fourth-order valence-corrected chi connectivity index (χ4v) is 3.47. The normalized spacial score (nSPS) is 10.8. The van der Waals surface area contributed by atoms with Crippen LogP contribution in [0.2, 0.25) is 0 Å². The minimum atomic E-state index is -1.22. The molecule has 0 bridgehead atoms. The van der Waals surface area contributed by atoms with Crippen molar-refractivity contribution in [3.8, 4) is 0 Å². The SMILES string of the molecule is CCCCCCCCCCCCCCCCCCN(CC(=O)[O-])CC(=O)O.[K+]. The van der Waals surface area contributed by atoms with Gasteiger partial charge in [-0.1, -0.05) is 103 Å². The zero-order valence-corrected chi connectivity index (χ0v) is 21.7. The van der Waals surface area contributed by atoms with Gasteiger partial charge in [0.25, 0.3) is 0 Å². The molecule has 0 aliphatic rings. The molecule has 0 atom stereocenters. The third kappa shape index (κ3) is 24.6. The Balaban J connectivity index is 0. The fraction of sp³-hybridized carbons (Fsp3) is 0.909. The van der Waals surface area contributed by atoms with Gasteiger partial charge in [0.15, 0.2) is 0 Å². The van der Waals surface area contributed by atoms with Crippen LogP contribution in [0.4, 0.5) is 0 Å². The first kappa shape index (κ1) is 30.7. The molecule has 0 fully saturated rings. The van der Waals surface area contributed by atoms with Crippen LogP contribution >= 0.6 is 0 Å². The van der Waals surface area contributed by atoms with E-state index < -0.39 is 11.9 Å². The van der Waals surface area contributed by atoms with Crippen LogP contribution in [0.15, 0.2) is 0 Å². The molecule has 160 valence electrons. The van der Waals surface area contributed by atoms with Gasteiger partial charge >= 0.3 is 57.4 Å². The maximum absolute atomic E-state index is 10.7. The average molecular weight is 424 g/mol. The number of unbranched alkanes of at least 4 members (excludes halogenated alkanes) is 15. The molecule has 1 N–H and O–H groups in total. The average Bonchev–Trinajstić information content (AvgIpc) is 2.60. The number of hydrogen-bond acceptors (Lipinski definition) is 4. The second kappa shape index (κ2) is 23.8. The van der Waals surface area contributed by atoms with Crippen molar-refractivity contribution in [2.45, 2.75) is 110 Å². The summed E-state index contributed by atoms with van der Waals surface area (Å²) in [5, 5.41) is 19.4. The largest absolute Gasteiger partial charge is 1.00 e. The van der Waals surface area contributed by atoms with Crippen molar-refractivity contribution in [1.29, 1.82) is 0 Å². The van der Waals surface area contributed by atoms with Crippen molar-refractivity contribution < 1.29 is 71.2 Å². The third-order valence-electron chi connectivity index (χ3n) is 5.04. The number of hydrogen-bond donors (Lipinski definition) is 1. The first-order valence-corrected chi connectivity index (χ1v) is 11.2. The molecule has 0 aliphatic heterocycles. The molecule has 0 aromatic heterocycles. The molecule has 0 rings (SSSR count). The van der Waals surface area contributed by atoms with Crippen molar-refractivity contribution in [2.75, 3.05) is 19.6 Å². The molecular weight excluding hydrogens is 381 g/mol. The van der Waals surface area contributed by atoms with E-state index in [2.05, 4.69) is 6.92 Å². The Morgan fingerprint density at radius 1 is 0.679 bits per heavy atom. The van der Waals surface area contributed by atoms with E-state index in [1.165, 1.54) is 88.4 Å². The van der Waals surface area contributed by atoms with Crippen LogP contribution < -0.4 is 56.5 Å². The van der Waals surface area contributed by atoms with Gasteiger partial charge in [-0.3, -0.25) is 9.69 Å². The number of aliphatic carboxylic acids is 2. The Morgan fingerprint density at radius 3 is 1.36 bits per heavy atom. The van der Waals surface area contributed by atoms with Crippen molar-refractivity contribution in [2.24, 2.45) is 0 Å². The van der Waals surface area contributed by atoms with Crippen LogP contribution in [0.25, 0.3) is 0 Å². The summed E-state index contributed by atoms with van der Waals surface area (Å²) in [7, 11) is 0. The standard InChI is InChI=1S/C22H43NO4.K/c1-2-3-4-5-6-7-8-9-10-11-12-13-14-15-16-17-18-23(19-21(24)25)20-22(26)27;/h2-20H2,1H3,(H,24,25)(H,26,27);/q;+1/p-1. The van der Waals surface area contributed by atoms with Crippen LogP contribution in [0, 0.1) is 0 Å². The number of carbonyl (C=O) groups is 2. The van der Waals surface area contributed by atoms with Gasteiger partial charge in [-0.05, 0) is 13.0 Å². The van der Waals surface area contributed by atoms with E-state index in [0.717, 1.165) is 19.3 Å². The Bertz CT molecular complexity index is 350. The van der Waals surface area contributed by atoms with Crippen LogP contribution in [0.1, 0.15) is 110 Å². The van der Waals surface area contributed by atoms with Gasteiger partial charge in [-0.15, -0.1) is 0 Å². The van der Waals surface area contributed by atoms with E-state index >= 15 is 0 Å². The second-order valence-corrected chi connectivity index (χ2v) is 7.78. The first-order chi connectivity index (χ1) is 13.1. The monoisotopic (exact) mass is 423 g/mol. The van der Waals surface area contributed by atoms with Crippen LogP contribution in [0.5, 0.6) is 0 Å². The van der Waals surface area contributed by atoms with E-state index in [-0.39, 0.29) is 64.5 Å². The Hall–Kier alpha value is 0.536. The van der Waals surface area contributed by atoms with Crippen LogP contribution in [-0.4, -0.2) is 41.6 Å². The topological polar surface area (TPSA) is 80.7 Å². The maximum atomic E-state index is 10.7. The maximum Gasteiger partial charge on any atom is 1.00 e. The molecule has 0 unspecified atom stereocenters. The van der Waals surface area contributed by atoms with Gasteiger partial charge in [0.05, 0.1) is 12.5 Å². The summed E-state index contributed by atoms with van der Waals surface area (Å²) < 4.78 is 0. The number of carboxylic acid groups (broad SMARTS) is 2. The number of rotatable bonds is 21. The third-order valence-corrected chi connectivity index (χ3v) is 5.04. The summed E-state index contributed by atoms with van der Waals surface area (Å²) in [5.41, 5.74) is 0. The molecule has 6 heteroatoms. The van der Waals surface area contributed by atoms with Gasteiger partial charge in [0, 0.05) is 6.54 Å². The van der Waals surface area contributed by atoms with E-state index in [1.807, 2.05) is 0 Å². The molecule has 5 nitrogen and oxygen atoms in total. The number of carboxylic acids is 2. The molecule has 0 saturated carbocycles. The van der Waals surface area contributed by atoms with Crippen molar-refractivity contribution in [1.82, 2.24) is 4.90 Å². The molecule has 28 heavy (non-hydrogen) atoms. The molecule has 0 amide bonds. The summed E-state index contributed by atoms with van der Waals surface area (Å²) >= 11 is 0. The van der Waals surface area contributed by atoms with Crippen molar-refractivity contribution >= 4 is 11.9 Å². The van der Waals surface area contributed by atoms with Gasteiger partial charge in [0.1, 0.15) is 0 Å². The van der Waals surface area contributed by atoms with Gasteiger partial charge in [-0.25, -0.2) is 0 Å². The summed E-state index contributed by atoms with van der Waals surface area (Å²) in [5.74, 6) is -2.21. The zero-order valence-electron chi connectivity index (χ0n) is 18.6. The molecule has 0 saturated heterocycles. The van der Waals surface area contributed by atoms with Gasteiger partial charge in [0.2, 0.25) is 0 Å². The molecule has 0 aliphatic carbocycles. The number of carbonyl (C=O) groups excluding carboxylic acids is 1. The first-order valence-electron chi connectivity index (χ1n) is 11.2. The van der Waals surface area contributed by atoms with Gasteiger partial charge < -0.3 is 15.0 Å². The molecular formula is C22H42KNO4. The molecule has 0 heterocycles. The molecule has 0 radical (unpaired) electrons. The van der Waals surface area contributed by atoms with E-state index in [0.29, 0.717) is 6.54 Å². The van der Waals surface area contributed by atoms with Crippen LogP contribution in [-0.2, 0) is 9.59 Å². The zero-order chi connectivity index (χ0) is 20.2.